The van der Waals surface area contributed by atoms with E-state index in [4.69, 9.17) is 16.3 Å². The summed E-state index contributed by atoms with van der Waals surface area (Å²) in [7, 11) is 1.69. The fourth-order valence-electron chi connectivity index (χ4n) is 2.34. The number of nitrogens with one attached hydrogen (secondary N) is 1. The van der Waals surface area contributed by atoms with Crippen LogP contribution in [0.25, 0.3) is 0 Å². The fourth-order valence-corrected chi connectivity index (χ4v) is 3.64. The second-order valence-electron chi connectivity index (χ2n) is 5.53. The zero-order valence-corrected chi connectivity index (χ0v) is 15.4. The van der Waals surface area contributed by atoms with Crippen LogP contribution < -0.4 is 9.46 Å². The van der Waals surface area contributed by atoms with E-state index in [-0.39, 0.29) is 17.5 Å². The largest absolute Gasteiger partial charge is 0.497 e. The van der Waals surface area contributed by atoms with Gasteiger partial charge in [-0.05, 0) is 50.0 Å². The van der Waals surface area contributed by atoms with E-state index in [0.717, 1.165) is 5.56 Å². The third kappa shape index (κ3) is 4.48. The van der Waals surface area contributed by atoms with E-state index in [1.54, 1.807) is 18.2 Å². The van der Waals surface area contributed by atoms with Crippen LogP contribution in [0.3, 0.4) is 0 Å². The van der Waals surface area contributed by atoms with Gasteiger partial charge in [-0.2, -0.15) is 0 Å². The highest BCUT2D eigenvalue weighted by Gasteiger charge is 2.21. The summed E-state index contributed by atoms with van der Waals surface area (Å²) in [5.74, 6) is 0.608. The number of benzene rings is 2. The molecule has 130 valence electrons. The molecule has 24 heavy (non-hydrogen) atoms. The maximum atomic E-state index is 12.5. The quantitative estimate of drug-likeness (QED) is 0.816. The third-order valence-electron chi connectivity index (χ3n) is 3.72. The minimum Gasteiger partial charge on any atom is -0.497 e. The summed E-state index contributed by atoms with van der Waals surface area (Å²) >= 11 is 6.25. The van der Waals surface area contributed by atoms with Gasteiger partial charge in [-0.1, -0.05) is 29.8 Å². The summed E-state index contributed by atoms with van der Waals surface area (Å²) < 4.78 is 32.6. The number of sulfonamides is 1. The summed E-state index contributed by atoms with van der Waals surface area (Å²) in [5.41, 5.74) is 0.876. The maximum absolute atomic E-state index is 12.5. The minimum atomic E-state index is -3.61. The van der Waals surface area contributed by atoms with E-state index >= 15 is 0 Å². The molecule has 0 aliphatic heterocycles. The lowest BCUT2D eigenvalue weighted by molar-refractivity contribution is 0.299. The average molecular weight is 369 g/mol. The predicted octanol–water partition coefficient (Wildman–Crippen LogP) is 2.93. The first-order valence-electron chi connectivity index (χ1n) is 7.39. The molecule has 0 spiro atoms. The van der Waals surface area contributed by atoms with Gasteiger partial charge in [0.15, 0.2) is 0 Å². The van der Waals surface area contributed by atoms with Crippen LogP contribution in [0.4, 0.5) is 0 Å². The van der Waals surface area contributed by atoms with Crippen LogP contribution in [-0.2, 0) is 10.0 Å². The number of rotatable bonds is 7. The molecule has 2 aromatic rings. The Morgan fingerprint density at radius 1 is 1.12 bits per heavy atom. The first-order valence-corrected chi connectivity index (χ1v) is 9.26. The number of hydrogen-bond donors (Lipinski definition) is 1. The topological polar surface area (TPSA) is 58.6 Å². The maximum Gasteiger partial charge on any atom is 0.240 e. The Bertz CT molecular complexity index is 777. The Morgan fingerprint density at radius 3 is 2.29 bits per heavy atom. The van der Waals surface area contributed by atoms with Crippen molar-refractivity contribution in [2.24, 2.45) is 0 Å². The van der Waals surface area contributed by atoms with Crippen molar-refractivity contribution in [2.45, 2.75) is 10.9 Å². The Kier molecular flexibility index (Phi) is 6.23. The number of nitrogens with zero attached hydrogens (tertiary/aromatic N) is 1. The summed E-state index contributed by atoms with van der Waals surface area (Å²) in [6.07, 6.45) is 0. The van der Waals surface area contributed by atoms with E-state index in [9.17, 15) is 8.42 Å². The molecule has 0 aromatic heterocycles. The zero-order chi connectivity index (χ0) is 17.7. The summed E-state index contributed by atoms with van der Waals surface area (Å²) in [4.78, 5) is 2.12. The molecule has 0 radical (unpaired) electrons. The van der Waals surface area contributed by atoms with Crippen LogP contribution in [-0.4, -0.2) is 41.1 Å². The highest BCUT2D eigenvalue weighted by molar-refractivity contribution is 7.89. The van der Waals surface area contributed by atoms with Gasteiger partial charge in [0, 0.05) is 17.6 Å². The van der Waals surface area contributed by atoms with Gasteiger partial charge in [-0.25, -0.2) is 13.1 Å². The molecule has 0 aliphatic rings. The number of hydrogen-bond acceptors (Lipinski definition) is 4. The van der Waals surface area contributed by atoms with Crippen molar-refractivity contribution in [1.82, 2.24) is 9.62 Å². The van der Waals surface area contributed by atoms with Gasteiger partial charge in [-0.3, -0.25) is 0 Å². The molecular weight excluding hydrogens is 348 g/mol. The molecule has 2 aromatic carbocycles. The van der Waals surface area contributed by atoms with Gasteiger partial charge in [0.1, 0.15) is 5.75 Å². The van der Waals surface area contributed by atoms with Crippen molar-refractivity contribution in [3.8, 4) is 5.75 Å². The van der Waals surface area contributed by atoms with Crippen LogP contribution >= 0.6 is 11.6 Å². The lowest BCUT2D eigenvalue weighted by atomic mass is 10.1. The molecule has 0 saturated heterocycles. The monoisotopic (exact) mass is 368 g/mol. The summed E-state index contributed by atoms with van der Waals surface area (Å²) in [6.45, 7) is 0.213. The van der Waals surface area contributed by atoms with Crippen LogP contribution in [0.5, 0.6) is 5.75 Å². The molecule has 0 amide bonds. The first-order chi connectivity index (χ1) is 11.3. The Hall–Kier alpha value is -1.60. The Balaban J connectivity index is 2.17. The normalized spacial score (nSPS) is 13.0. The van der Waals surface area contributed by atoms with E-state index in [1.165, 1.54) is 19.2 Å². The Morgan fingerprint density at radius 2 is 1.75 bits per heavy atom. The highest BCUT2D eigenvalue weighted by atomic mass is 35.5. The molecule has 5 nitrogen and oxygen atoms in total. The lowest BCUT2D eigenvalue weighted by Gasteiger charge is -2.26. The molecule has 1 atom stereocenters. The van der Waals surface area contributed by atoms with Crippen molar-refractivity contribution in [3.63, 3.8) is 0 Å². The van der Waals surface area contributed by atoms with Gasteiger partial charge in [-0.15, -0.1) is 0 Å². The zero-order valence-electron chi connectivity index (χ0n) is 13.9. The van der Waals surface area contributed by atoms with Crippen molar-refractivity contribution in [3.05, 3.63) is 59.1 Å². The molecule has 0 fully saturated rings. The molecule has 1 N–H and O–H groups in total. The van der Waals surface area contributed by atoms with Crippen molar-refractivity contribution in [1.29, 1.82) is 0 Å². The molecule has 0 heterocycles. The van der Waals surface area contributed by atoms with Crippen molar-refractivity contribution in [2.75, 3.05) is 27.7 Å². The first kappa shape index (κ1) is 18.7. The standard InChI is InChI=1S/C17H21ClN2O3S/c1-20(2)17(15-6-4-5-7-16(15)18)12-19-24(21,22)14-10-8-13(23-3)9-11-14/h4-11,17,19H,12H2,1-3H3. The van der Waals surface area contributed by atoms with Gasteiger partial charge in [0.2, 0.25) is 10.0 Å². The predicted molar refractivity (Wildman–Crippen MR) is 96.1 cm³/mol. The number of likely N-dealkylation sites (N-methyl/N-ethyl adjacent to an activating group) is 1. The second kappa shape index (κ2) is 7.98. The van der Waals surface area contributed by atoms with Crippen molar-refractivity contribution >= 4 is 21.6 Å². The lowest BCUT2D eigenvalue weighted by Crippen LogP contribution is -2.34. The van der Waals surface area contributed by atoms with Crippen LogP contribution in [0, 0.1) is 0 Å². The molecule has 0 saturated carbocycles. The second-order valence-corrected chi connectivity index (χ2v) is 7.70. The molecule has 7 heteroatoms. The molecule has 0 aliphatic carbocycles. The van der Waals surface area contributed by atoms with Gasteiger partial charge < -0.3 is 9.64 Å². The third-order valence-corrected chi connectivity index (χ3v) is 5.51. The van der Waals surface area contributed by atoms with Crippen LogP contribution in [0.15, 0.2) is 53.4 Å². The molecule has 2 rings (SSSR count). The SMILES string of the molecule is COc1ccc(S(=O)(=O)NCC(c2ccccc2Cl)N(C)C)cc1. The van der Waals surface area contributed by atoms with E-state index < -0.39 is 10.0 Å². The average Bonchev–Trinajstić information content (AvgIpc) is 2.56. The van der Waals surface area contributed by atoms with Crippen LogP contribution in [0.2, 0.25) is 5.02 Å². The van der Waals surface area contributed by atoms with Gasteiger partial charge in [0.05, 0.1) is 12.0 Å². The minimum absolute atomic E-state index is 0.174. The van der Waals surface area contributed by atoms with Crippen LogP contribution in [0.1, 0.15) is 11.6 Å². The molecule has 0 bridgehead atoms. The van der Waals surface area contributed by atoms with E-state index in [1.807, 2.05) is 37.2 Å². The van der Waals surface area contributed by atoms with E-state index in [2.05, 4.69) is 4.72 Å². The number of methoxy groups -OCH3 is 1. The summed E-state index contributed by atoms with van der Waals surface area (Å²) in [6, 6.07) is 13.5. The van der Waals surface area contributed by atoms with Crippen molar-refractivity contribution < 1.29 is 13.2 Å². The van der Waals surface area contributed by atoms with Gasteiger partial charge in [0.25, 0.3) is 0 Å². The molecular formula is C17H21ClN2O3S. The van der Waals surface area contributed by atoms with Gasteiger partial charge >= 0.3 is 0 Å². The smallest absolute Gasteiger partial charge is 0.240 e. The summed E-state index contributed by atoms with van der Waals surface area (Å²) in [5, 5.41) is 0.611. The highest BCUT2D eigenvalue weighted by Crippen LogP contribution is 2.26. The molecule has 1 unspecified atom stereocenters. The number of halogens is 1. The Labute approximate surface area is 148 Å². The fraction of sp³-hybridized carbons (Fsp3) is 0.294. The van der Waals surface area contributed by atoms with E-state index in [0.29, 0.717) is 10.8 Å². The number of ether oxygens (including phenoxy) is 1.